The van der Waals surface area contributed by atoms with Gasteiger partial charge in [-0.1, -0.05) is 48.5 Å². The van der Waals surface area contributed by atoms with Crippen LogP contribution in [0.15, 0.2) is 72.9 Å². The molecule has 0 aliphatic heterocycles. The molecule has 1 aromatic heterocycles. The van der Waals surface area contributed by atoms with Crippen LogP contribution >= 0.6 is 0 Å². The number of para-hydroxylation sites is 1. The van der Waals surface area contributed by atoms with Crippen LogP contribution in [0.4, 0.5) is 16.6 Å². The van der Waals surface area contributed by atoms with Crippen molar-refractivity contribution in [2.45, 2.75) is 19.9 Å². The molecule has 0 unspecified atom stereocenters. The molecule has 2 aromatic carbocycles. The first-order chi connectivity index (χ1) is 13.2. The van der Waals surface area contributed by atoms with Gasteiger partial charge in [-0.05, 0) is 37.6 Å². The summed E-state index contributed by atoms with van der Waals surface area (Å²) in [4.78, 5) is 22.7. The Labute approximate surface area is 158 Å². The molecule has 1 N–H and O–H groups in total. The summed E-state index contributed by atoms with van der Waals surface area (Å²) in [5.41, 5.74) is 1.13. The van der Waals surface area contributed by atoms with Crippen LogP contribution in [-0.2, 0) is 0 Å². The highest BCUT2D eigenvalue weighted by atomic mass is 16.6. The van der Waals surface area contributed by atoms with E-state index in [2.05, 4.69) is 15.3 Å². The van der Waals surface area contributed by atoms with Gasteiger partial charge in [0.05, 0.1) is 6.04 Å². The van der Waals surface area contributed by atoms with Gasteiger partial charge >= 0.3 is 6.09 Å². The molecule has 3 rings (SSSR count). The van der Waals surface area contributed by atoms with E-state index in [1.165, 1.54) is 4.90 Å². The summed E-state index contributed by atoms with van der Waals surface area (Å²) in [6.07, 6.45) is 1.14. The van der Waals surface area contributed by atoms with Gasteiger partial charge in [-0.2, -0.15) is 4.98 Å². The summed E-state index contributed by atoms with van der Waals surface area (Å²) in [6, 6.07) is 20.7. The van der Waals surface area contributed by atoms with Crippen LogP contribution < -0.4 is 15.0 Å². The molecule has 1 heterocycles. The van der Waals surface area contributed by atoms with Gasteiger partial charge in [0, 0.05) is 12.7 Å². The van der Waals surface area contributed by atoms with Crippen molar-refractivity contribution >= 4 is 17.9 Å². The van der Waals surface area contributed by atoms with E-state index in [1.54, 1.807) is 24.4 Å². The Morgan fingerprint density at radius 2 is 1.74 bits per heavy atom. The third-order valence-electron chi connectivity index (χ3n) is 4.05. The van der Waals surface area contributed by atoms with Crippen molar-refractivity contribution in [3.63, 3.8) is 0 Å². The molecule has 0 bridgehead atoms. The van der Waals surface area contributed by atoms with E-state index < -0.39 is 6.09 Å². The highest BCUT2D eigenvalue weighted by Gasteiger charge is 2.18. The quantitative estimate of drug-likeness (QED) is 0.690. The monoisotopic (exact) mass is 362 g/mol. The lowest BCUT2D eigenvalue weighted by molar-refractivity contribution is 0.207. The number of rotatable bonds is 6. The first kappa shape index (κ1) is 18.4. The second-order valence-electron chi connectivity index (χ2n) is 5.94. The summed E-state index contributed by atoms with van der Waals surface area (Å²) in [6.45, 7) is 4.33. The second kappa shape index (κ2) is 8.80. The van der Waals surface area contributed by atoms with Crippen LogP contribution in [0, 0.1) is 0 Å². The maximum Gasteiger partial charge on any atom is 0.420 e. The SMILES string of the molecule is CCN(C(=O)Oc1ccccc1)c1ccnc(N[C@@H](C)c2ccccc2)n1. The maximum atomic E-state index is 12.5. The fourth-order valence-corrected chi connectivity index (χ4v) is 2.62. The predicted molar refractivity (Wildman–Crippen MR) is 106 cm³/mol. The van der Waals surface area contributed by atoms with E-state index in [4.69, 9.17) is 4.74 Å². The largest absolute Gasteiger partial charge is 0.420 e. The first-order valence-corrected chi connectivity index (χ1v) is 8.86. The molecule has 1 amide bonds. The van der Waals surface area contributed by atoms with E-state index in [9.17, 15) is 4.79 Å². The molecule has 6 nitrogen and oxygen atoms in total. The molecular weight excluding hydrogens is 340 g/mol. The van der Waals surface area contributed by atoms with Crippen LogP contribution in [0.2, 0.25) is 0 Å². The Balaban J connectivity index is 1.73. The maximum absolute atomic E-state index is 12.5. The zero-order valence-corrected chi connectivity index (χ0v) is 15.4. The number of hydrogen-bond acceptors (Lipinski definition) is 5. The average molecular weight is 362 g/mol. The number of carbonyl (C=O) groups is 1. The molecule has 1 atom stereocenters. The topological polar surface area (TPSA) is 67.4 Å². The van der Waals surface area contributed by atoms with E-state index in [0.717, 1.165) is 5.56 Å². The number of anilines is 2. The molecule has 0 saturated heterocycles. The van der Waals surface area contributed by atoms with E-state index in [1.807, 2.05) is 62.4 Å². The highest BCUT2D eigenvalue weighted by Crippen LogP contribution is 2.19. The third kappa shape index (κ3) is 4.82. The van der Waals surface area contributed by atoms with Crippen LogP contribution in [0.1, 0.15) is 25.5 Å². The fourth-order valence-electron chi connectivity index (χ4n) is 2.62. The summed E-state index contributed by atoms with van der Waals surface area (Å²) >= 11 is 0. The number of amides is 1. The van der Waals surface area contributed by atoms with Crippen molar-refractivity contribution < 1.29 is 9.53 Å². The fraction of sp³-hybridized carbons (Fsp3) is 0.190. The smallest absolute Gasteiger partial charge is 0.410 e. The number of benzene rings is 2. The zero-order chi connectivity index (χ0) is 19.1. The number of nitrogens with one attached hydrogen (secondary N) is 1. The average Bonchev–Trinajstić information content (AvgIpc) is 2.70. The minimum atomic E-state index is -0.482. The summed E-state index contributed by atoms with van der Waals surface area (Å²) in [7, 11) is 0. The molecule has 6 heteroatoms. The van der Waals surface area contributed by atoms with Gasteiger partial charge in [0.15, 0.2) is 0 Å². The first-order valence-electron chi connectivity index (χ1n) is 8.86. The van der Waals surface area contributed by atoms with Crippen LogP contribution in [0.5, 0.6) is 5.75 Å². The van der Waals surface area contributed by atoms with Gasteiger partial charge in [-0.15, -0.1) is 0 Å². The van der Waals surface area contributed by atoms with E-state index in [0.29, 0.717) is 24.1 Å². The van der Waals surface area contributed by atoms with Crippen LogP contribution in [0.25, 0.3) is 0 Å². The van der Waals surface area contributed by atoms with Gasteiger partial charge < -0.3 is 10.1 Å². The molecule has 0 aliphatic carbocycles. The van der Waals surface area contributed by atoms with Crippen LogP contribution in [-0.4, -0.2) is 22.6 Å². The van der Waals surface area contributed by atoms with Crippen molar-refractivity contribution in [2.75, 3.05) is 16.8 Å². The lowest BCUT2D eigenvalue weighted by Crippen LogP contribution is -2.34. The van der Waals surface area contributed by atoms with Crippen molar-refractivity contribution in [2.24, 2.45) is 0 Å². The summed E-state index contributed by atoms with van der Waals surface area (Å²) in [5.74, 6) is 1.43. The summed E-state index contributed by atoms with van der Waals surface area (Å²) < 4.78 is 5.42. The number of nitrogens with zero attached hydrogens (tertiary/aromatic N) is 3. The predicted octanol–water partition coefficient (Wildman–Crippen LogP) is 4.68. The lowest BCUT2D eigenvalue weighted by atomic mass is 10.1. The Morgan fingerprint density at radius 3 is 2.41 bits per heavy atom. The Bertz CT molecular complexity index is 872. The molecule has 0 saturated carbocycles. The molecule has 0 fully saturated rings. The van der Waals surface area contributed by atoms with Crippen molar-refractivity contribution in [3.05, 3.63) is 78.5 Å². The zero-order valence-electron chi connectivity index (χ0n) is 15.4. The molecule has 0 aliphatic rings. The number of aromatic nitrogens is 2. The molecule has 0 radical (unpaired) electrons. The molecule has 0 spiro atoms. The van der Waals surface area contributed by atoms with Crippen molar-refractivity contribution in [1.82, 2.24) is 9.97 Å². The van der Waals surface area contributed by atoms with E-state index in [-0.39, 0.29) is 6.04 Å². The lowest BCUT2D eigenvalue weighted by Gasteiger charge is -2.20. The van der Waals surface area contributed by atoms with Crippen LogP contribution in [0.3, 0.4) is 0 Å². The number of hydrogen-bond donors (Lipinski definition) is 1. The van der Waals surface area contributed by atoms with Crippen molar-refractivity contribution in [3.8, 4) is 5.75 Å². The van der Waals surface area contributed by atoms with Gasteiger partial charge in [0.2, 0.25) is 5.95 Å². The molecular formula is C21H22N4O2. The molecule has 27 heavy (non-hydrogen) atoms. The molecule has 138 valence electrons. The van der Waals surface area contributed by atoms with Gasteiger partial charge in [-0.25, -0.2) is 9.78 Å². The van der Waals surface area contributed by atoms with E-state index >= 15 is 0 Å². The van der Waals surface area contributed by atoms with Gasteiger partial charge in [0.25, 0.3) is 0 Å². The Kier molecular flexibility index (Phi) is 5.99. The minimum Gasteiger partial charge on any atom is -0.410 e. The van der Waals surface area contributed by atoms with Crippen molar-refractivity contribution in [1.29, 1.82) is 0 Å². The normalized spacial score (nSPS) is 11.5. The Hall–Kier alpha value is -3.41. The van der Waals surface area contributed by atoms with Gasteiger partial charge in [0.1, 0.15) is 11.6 Å². The Morgan fingerprint density at radius 1 is 1.07 bits per heavy atom. The summed E-state index contributed by atoms with van der Waals surface area (Å²) in [5, 5.41) is 3.27. The standard InChI is InChI=1S/C21H22N4O2/c1-3-25(21(26)27-18-12-8-5-9-13-18)19-14-15-22-20(24-19)23-16(2)17-10-6-4-7-11-17/h4-16H,3H2,1-2H3,(H,22,23,24)/t16-/m0/s1. The second-order valence-corrected chi connectivity index (χ2v) is 5.94. The molecule has 3 aromatic rings. The number of ether oxygens (including phenoxy) is 1. The minimum absolute atomic E-state index is 0.0350. The third-order valence-corrected chi connectivity index (χ3v) is 4.05. The van der Waals surface area contributed by atoms with Gasteiger partial charge in [-0.3, -0.25) is 4.90 Å². The highest BCUT2D eigenvalue weighted by molar-refractivity contribution is 5.88. The number of carbonyl (C=O) groups excluding carboxylic acids is 1.